The summed E-state index contributed by atoms with van der Waals surface area (Å²) in [5.41, 5.74) is 2.66. The molecular formula is C20H20N4O3S. The molecule has 7 nitrogen and oxygen atoms in total. The summed E-state index contributed by atoms with van der Waals surface area (Å²) in [4.78, 5) is 11.3. The van der Waals surface area contributed by atoms with Gasteiger partial charge in [0.1, 0.15) is 5.82 Å². The predicted molar refractivity (Wildman–Crippen MR) is 111 cm³/mol. The van der Waals surface area contributed by atoms with Crippen molar-refractivity contribution in [1.29, 1.82) is 0 Å². The lowest BCUT2D eigenvalue weighted by atomic mass is 10.2. The quantitative estimate of drug-likeness (QED) is 0.666. The number of nitrogens with zero attached hydrogens (tertiary/aromatic N) is 2. The SMILES string of the molecule is CC(=O)Nc1cc(C)nn1-c1ccc(NS(=O)(=O)C=Cc2ccccc2)cc1. The first kappa shape index (κ1) is 19.4. The van der Waals surface area contributed by atoms with E-state index in [4.69, 9.17) is 0 Å². The lowest BCUT2D eigenvalue weighted by molar-refractivity contribution is -0.114. The topological polar surface area (TPSA) is 93.1 Å². The van der Waals surface area contributed by atoms with E-state index in [1.807, 2.05) is 37.3 Å². The standard InChI is InChI=1S/C20H20N4O3S/c1-15-14-20(21-16(2)25)24(22-15)19-10-8-18(9-11-19)23-28(26,27)13-12-17-6-4-3-5-7-17/h3-14,23H,1-2H3,(H,21,25). The molecule has 0 atom stereocenters. The molecule has 0 spiro atoms. The average molecular weight is 396 g/mol. The van der Waals surface area contributed by atoms with Crippen molar-refractivity contribution in [2.24, 2.45) is 0 Å². The molecule has 2 N–H and O–H groups in total. The molecule has 0 aliphatic rings. The number of carbonyl (C=O) groups excluding carboxylic acids is 1. The van der Waals surface area contributed by atoms with Crippen LogP contribution in [0.25, 0.3) is 11.8 Å². The molecule has 3 rings (SSSR count). The number of amides is 1. The molecule has 28 heavy (non-hydrogen) atoms. The Morgan fingerprint density at radius 1 is 1.07 bits per heavy atom. The van der Waals surface area contributed by atoms with Gasteiger partial charge in [0.25, 0.3) is 10.0 Å². The zero-order valence-corrected chi connectivity index (χ0v) is 16.3. The zero-order valence-electron chi connectivity index (χ0n) is 15.5. The number of hydrogen-bond donors (Lipinski definition) is 2. The Morgan fingerprint density at radius 3 is 2.39 bits per heavy atom. The summed E-state index contributed by atoms with van der Waals surface area (Å²) < 4.78 is 28.6. The Labute approximate surface area is 163 Å². The molecule has 0 saturated carbocycles. The fourth-order valence-electron chi connectivity index (χ4n) is 2.57. The molecule has 0 radical (unpaired) electrons. The second-order valence-corrected chi connectivity index (χ2v) is 7.74. The van der Waals surface area contributed by atoms with E-state index in [2.05, 4.69) is 15.1 Å². The highest BCUT2D eigenvalue weighted by molar-refractivity contribution is 7.95. The van der Waals surface area contributed by atoms with Crippen molar-refractivity contribution in [1.82, 2.24) is 9.78 Å². The highest BCUT2D eigenvalue weighted by Crippen LogP contribution is 2.20. The third-order valence-corrected chi connectivity index (χ3v) is 4.76. The minimum Gasteiger partial charge on any atom is -0.311 e. The number of rotatable bonds is 6. The summed E-state index contributed by atoms with van der Waals surface area (Å²) in [6, 6.07) is 17.6. The van der Waals surface area contributed by atoms with Crippen molar-refractivity contribution in [3.05, 3.63) is 77.3 Å². The van der Waals surface area contributed by atoms with Gasteiger partial charge in [-0.3, -0.25) is 9.52 Å². The van der Waals surface area contributed by atoms with E-state index in [1.54, 1.807) is 35.0 Å². The maximum atomic E-state index is 12.2. The highest BCUT2D eigenvalue weighted by atomic mass is 32.2. The molecular weight excluding hydrogens is 376 g/mol. The highest BCUT2D eigenvalue weighted by Gasteiger charge is 2.10. The van der Waals surface area contributed by atoms with Crippen molar-refractivity contribution < 1.29 is 13.2 Å². The first-order valence-corrected chi connectivity index (χ1v) is 10.1. The van der Waals surface area contributed by atoms with E-state index in [0.717, 1.165) is 16.7 Å². The van der Waals surface area contributed by atoms with Crippen LogP contribution in [0, 0.1) is 6.92 Å². The van der Waals surface area contributed by atoms with Gasteiger partial charge in [0, 0.05) is 18.7 Å². The summed E-state index contributed by atoms with van der Waals surface area (Å²) in [6.45, 7) is 3.25. The van der Waals surface area contributed by atoms with E-state index in [9.17, 15) is 13.2 Å². The molecule has 1 aromatic heterocycles. The van der Waals surface area contributed by atoms with Crippen LogP contribution in [-0.2, 0) is 14.8 Å². The molecule has 0 aliphatic heterocycles. The van der Waals surface area contributed by atoms with Crippen LogP contribution in [-0.4, -0.2) is 24.1 Å². The summed E-state index contributed by atoms with van der Waals surface area (Å²) in [5, 5.41) is 8.20. The summed E-state index contributed by atoms with van der Waals surface area (Å²) >= 11 is 0. The largest absolute Gasteiger partial charge is 0.311 e. The molecule has 8 heteroatoms. The summed E-state index contributed by atoms with van der Waals surface area (Å²) in [6.07, 6.45) is 1.53. The number of benzene rings is 2. The minimum atomic E-state index is -3.64. The number of carbonyl (C=O) groups is 1. The van der Waals surface area contributed by atoms with Crippen molar-refractivity contribution >= 4 is 33.5 Å². The Hall–Kier alpha value is -3.39. The van der Waals surface area contributed by atoms with Crippen molar-refractivity contribution in [2.75, 3.05) is 10.0 Å². The van der Waals surface area contributed by atoms with Gasteiger partial charge < -0.3 is 5.32 Å². The third-order valence-electron chi connectivity index (χ3n) is 3.75. The third kappa shape index (κ3) is 5.08. The van der Waals surface area contributed by atoms with Crippen LogP contribution in [0.15, 0.2) is 66.1 Å². The number of aromatic nitrogens is 2. The molecule has 0 fully saturated rings. The van der Waals surface area contributed by atoms with Gasteiger partial charge in [0.2, 0.25) is 5.91 Å². The normalized spacial score (nSPS) is 11.5. The van der Waals surface area contributed by atoms with Gasteiger partial charge in [0.05, 0.1) is 16.8 Å². The Morgan fingerprint density at radius 2 is 1.75 bits per heavy atom. The van der Waals surface area contributed by atoms with Gasteiger partial charge in [-0.2, -0.15) is 5.10 Å². The van der Waals surface area contributed by atoms with Crippen LogP contribution in [0.4, 0.5) is 11.5 Å². The van der Waals surface area contributed by atoms with Crippen LogP contribution in [0.3, 0.4) is 0 Å². The number of aryl methyl sites for hydroxylation is 1. The average Bonchev–Trinajstić information content (AvgIpc) is 3.01. The van der Waals surface area contributed by atoms with E-state index in [0.29, 0.717) is 17.2 Å². The second-order valence-electron chi connectivity index (χ2n) is 6.17. The van der Waals surface area contributed by atoms with Crippen molar-refractivity contribution in [2.45, 2.75) is 13.8 Å². The summed E-state index contributed by atoms with van der Waals surface area (Å²) in [5.74, 6) is 0.347. The fourth-order valence-corrected chi connectivity index (χ4v) is 3.44. The van der Waals surface area contributed by atoms with Crippen LogP contribution < -0.4 is 10.0 Å². The molecule has 0 unspecified atom stereocenters. The smallest absolute Gasteiger partial charge is 0.255 e. The van der Waals surface area contributed by atoms with E-state index < -0.39 is 10.0 Å². The Bertz CT molecular complexity index is 1100. The number of sulfonamides is 1. The first-order valence-electron chi connectivity index (χ1n) is 8.53. The van der Waals surface area contributed by atoms with Gasteiger partial charge in [-0.15, -0.1) is 0 Å². The lowest BCUT2D eigenvalue weighted by Crippen LogP contribution is -2.11. The van der Waals surface area contributed by atoms with Gasteiger partial charge in [-0.05, 0) is 42.8 Å². The Kier molecular flexibility index (Phi) is 5.60. The number of anilines is 2. The van der Waals surface area contributed by atoms with Gasteiger partial charge in [0.15, 0.2) is 0 Å². The summed E-state index contributed by atoms with van der Waals surface area (Å²) in [7, 11) is -3.64. The second kappa shape index (κ2) is 8.10. The van der Waals surface area contributed by atoms with Crippen LogP contribution >= 0.6 is 0 Å². The van der Waals surface area contributed by atoms with Gasteiger partial charge in [-0.1, -0.05) is 30.3 Å². The van der Waals surface area contributed by atoms with Crippen LogP contribution in [0.2, 0.25) is 0 Å². The van der Waals surface area contributed by atoms with Gasteiger partial charge >= 0.3 is 0 Å². The van der Waals surface area contributed by atoms with Gasteiger partial charge in [-0.25, -0.2) is 13.1 Å². The van der Waals surface area contributed by atoms with Crippen LogP contribution in [0.1, 0.15) is 18.2 Å². The lowest BCUT2D eigenvalue weighted by Gasteiger charge is -2.09. The van der Waals surface area contributed by atoms with Crippen molar-refractivity contribution in [3.8, 4) is 5.69 Å². The predicted octanol–water partition coefficient (Wildman–Crippen LogP) is 3.55. The molecule has 0 saturated heterocycles. The number of nitrogens with one attached hydrogen (secondary N) is 2. The molecule has 2 aromatic carbocycles. The Balaban J connectivity index is 1.76. The molecule has 0 bridgehead atoms. The first-order chi connectivity index (χ1) is 13.3. The molecule has 1 heterocycles. The van der Waals surface area contributed by atoms with E-state index >= 15 is 0 Å². The number of hydrogen-bond acceptors (Lipinski definition) is 4. The molecule has 0 aliphatic carbocycles. The molecule has 144 valence electrons. The maximum Gasteiger partial charge on any atom is 0.255 e. The molecule has 1 amide bonds. The zero-order chi connectivity index (χ0) is 20.1. The maximum absolute atomic E-state index is 12.2. The monoisotopic (exact) mass is 396 g/mol. The van der Waals surface area contributed by atoms with Crippen LogP contribution in [0.5, 0.6) is 0 Å². The van der Waals surface area contributed by atoms with E-state index in [1.165, 1.54) is 13.0 Å². The minimum absolute atomic E-state index is 0.198. The van der Waals surface area contributed by atoms with Crippen molar-refractivity contribution in [3.63, 3.8) is 0 Å². The van der Waals surface area contributed by atoms with E-state index in [-0.39, 0.29) is 5.91 Å². The molecule has 3 aromatic rings. The fraction of sp³-hybridized carbons (Fsp3) is 0.100.